The van der Waals surface area contributed by atoms with Gasteiger partial charge >= 0.3 is 6.61 Å². The minimum atomic E-state index is -2.96. The van der Waals surface area contributed by atoms with Crippen LogP contribution in [0.2, 0.25) is 0 Å². The predicted molar refractivity (Wildman–Crippen MR) is 86.3 cm³/mol. The van der Waals surface area contributed by atoms with E-state index < -0.39 is 24.5 Å². The highest BCUT2D eigenvalue weighted by Gasteiger charge is 2.19. The molecule has 0 radical (unpaired) electrons. The van der Waals surface area contributed by atoms with E-state index in [9.17, 15) is 18.4 Å². The maximum absolute atomic E-state index is 12.5. The third kappa shape index (κ3) is 4.72. The van der Waals surface area contributed by atoms with Crippen molar-refractivity contribution >= 4 is 11.8 Å². The Hall–Kier alpha value is -3.03. The Labute approximate surface area is 143 Å². The monoisotopic (exact) mass is 349 g/mol. The van der Waals surface area contributed by atoms with Crippen molar-refractivity contribution in [1.82, 2.24) is 10.3 Å². The Morgan fingerprint density at radius 3 is 2.52 bits per heavy atom. The predicted octanol–water partition coefficient (Wildman–Crippen LogP) is 2.66. The zero-order chi connectivity index (χ0) is 18.4. The van der Waals surface area contributed by atoms with Crippen molar-refractivity contribution in [3.8, 4) is 5.75 Å². The number of primary amides is 1. The summed E-state index contributed by atoms with van der Waals surface area (Å²) in [4.78, 5) is 27.1. The van der Waals surface area contributed by atoms with E-state index in [0.29, 0.717) is 12.0 Å². The molecule has 1 heterocycles. The third-order valence-electron chi connectivity index (χ3n) is 3.50. The number of hydrogen-bond acceptors (Lipinski definition) is 4. The molecular formula is C17H17F2N3O3. The van der Waals surface area contributed by atoms with E-state index in [1.807, 2.05) is 0 Å². The zero-order valence-corrected chi connectivity index (χ0v) is 13.4. The van der Waals surface area contributed by atoms with E-state index in [-0.39, 0.29) is 17.0 Å². The molecule has 0 bridgehead atoms. The molecule has 0 spiro atoms. The molecule has 0 aliphatic heterocycles. The van der Waals surface area contributed by atoms with E-state index >= 15 is 0 Å². The van der Waals surface area contributed by atoms with Gasteiger partial charge in [-0.2, -0.15) is 8.78 Å². The van der Waals surface area contributed by atoms with E-state index in [0.717, 1.165) is 0 Å². The van der Waals surface area contributed by atoms with Gasteiger partial charge in [-0.05, 0) is 24.6 Å². The first-order chi connectivity index (χ1) is 11.9. The Bertz CT molecular complexity index is 751. The Kier molecular flexibility index (Phi) is 5.99. The number of alkyl halides is 2. The number of aromatic nitrogens is 1. The maximum Gasteiger partial charge on any atom is 0.387 e. The summed E-state index contributed by atoms with van der Waals surface area (Å²) >= 11 is 0. The molecule has 1 aromatic carbocycles. The van der Waals surface area contributed by atoms with Gasteiger partial charge in [0.25, 0.3) is 11.8 Å². The van der Waals surface area contributed by atoms with Crippen LogP contribution in [0.25, 0.3) is 0 Å². The Morgan fingerprint density at radius 1 is 1.24 bits per heavy atom. The number of benzene rings is 1. The number of pyridine rings is 1. The summed E-state index contributed by atoms with van der Waals surface area (Å²) in [6.45, 7) is -1.15. The van der Waals surface area contributed by atoms with Crippen molar-refractivity contribution in [3.05, 3.63) is 59.4 Å². The van der Waals surface area contributed by atoms with Gasteiger partial charge in [0.2, 0.25) is 0 Å². The molecule has 1 aromatic heterocycles. The maximum atomic E-state index is 12.5. The lowest BCUT2D eigenvalue weighted by Crippen LogP contribution is -2.29. The standard InChI is InChI=1S/C17H17F2N3O3/c1-2-12(11-5-3-4-6-14(11)25-17(18)19)22-16(24)10-7-8-13(15(20)23)21-9-10/h3-9,12,17H,2H2,1H3,(H2,20,23)(H,22,24)/t12-/m0/s1. The number of amides is 2. The molecule has 2 rings (SSSR count). The van der Waals surface area contributed by atoms with Crippen LogP contribution in [0.1, 0.15) is 45.8 Å². The molecule has 0 fully saturated rings. The summed E-state index contributed by atoms with van der Waals surface area (Å²) in [5.41, 5.74) is 5.80. The average molecular weight is 349 g/mol. The second kappa shape index (κ2) is 8.18. The summed E-state index contributed by atoms with van der Waals surface area (Å²) in [5.74, 6) is -1.15. The molecule has 2 aromatic rings. The van der Waals surface area contributed by atoms with Gasteiger partial charge in [-0.1, -0.05) is 25.1 Å². The van der Waals surface area contributed by atoms with Gasteiger partial charge in [0, 0.05) is 11.8 Å². The van der Waals surface area contributed by atoms with Crippen LogP contribution in [0, 0.1) is 0 Å². The molecule has 0 aliphatic carbocycles. The van der Waals surface area contributed by atoms with Gasteiger partial charge < -0.3 is 15.8 Å². The summed E-state index contributed by atoms with van der Waals surface area (Å²) < 4.78 is 29.6. The van der Waals surface area contributed by atoms with Crippen molar-refractivity contribution in [2.24, 2.45) is 5.73 Å². The Balaban J connectivity index is 2.19. The van der Waals surface area contributed by atoms with Crippen LogP contribution >= 0.6 is 0 Å². The number of hydrogen-bond donors (Lipinski definition) is 2. The molecule has 1 atom stereocenters. The lowest BCUT2D eigenvalue weighted by Gasteiger charge is -2.20. The molecule has 132 valence electrons. The molecular weight excluding hydrogens is 332 g/mol. The normalized spacial score (nSPS) is 11.8. The Morgan fingerprint density at radius 2 is 1.96 bits per heavy atom. The number of para-hydroxylation sites is 1. The number of ether oxygens (including phenoxy) is 1. The fourth-order valence-corrected chi connectivity index (χ4v) is 2.29. The van der Waals surface area contributed by atoms with E-state index in [4.69, 9.17) is 5.73 Å². The first-order valence-corrected chi connectivity index (χ1v) is 7.52. The lowest BCUT2D eigenvalue weighted by atomic mass is 10.0. The van der Waals surface area contributed by atoms with Crippen LogP contribution in [0.15, 0.2) is 42.6 Å². The highest BCUT2D eigenvalue weighted by Crippen LogP contribution is 2.28. The van der Waals surface area contributed by atoms with Gasteiger partial charge in [0.15, 0.2) is 0 Å². The molecule has 25 heavy (non-hydrogen) atoms. The van der Waals surface area contributed by atoms with E-state index in [1.54, 1.807) is 25.1 Å². The number of nitrogens with one attached hydrogen (secondary N) is 1. The molecule has 3 N–H and O–H groups in total. The van der Waals surface area contributed by atoms with Crippen LogP contribution in [0.5, 0.6) is 5.75 Å². The minimum Gasteiger partial charge on any atom is -0.434 e. The molecule has 0 unspecified atom stereocenters. The summed E-state index contributed by atoms with van der Waals surface area (Å²) in [5, 5.41) is 2.74. The van der Waals surface area contributed by atoms with Gasteiger partial charge in [-0.15, -0.1) is 0 Å². The van der Waals surface area contributed by atoms with Crippen LogP contribution in [-0.4, -0.2) is 23.4 Å². The minimum absolute atomic E-state index is 0.00634. The zero-order valence-electron chi connectivity index (χ0n) is 13.4. The van der Waals surface area contributed by atoms with Gasteiger partial charge in [-0.25, -0.2) is 0 Å². The molecule has 0 aliphatic rings. The average Bonchev–Trinajstić information content (AvgIpc) is 2.59. The molecule has 0 saturated carbocycles. The fraction of sp³-hybridized carbons (Fsp3) is 0.235. The highest BCUT2D eigenvalue weighted by atomic mass is 19.3. The van der Waals surface area contributed by atoms with Crippen LogP contribution in [-0.2, 0) is 0 Å². The van der Waals surface area contributed by atoms with E-state index in [2.05, 4.69) is 15.0 Å². The second-order valence-electron chi connectivity index (χ2n) is 5.15. The molecule has 8 heteroatoms. The SMILES string of the molecule is CC[C@H](NC(=O)c1ccc(C(N)=O)nc1)c1ccccc1OC(F)F. The van der Waals surface area contributed by atoms with Crippen molar-refractivity contribution in [2.45, 2.75) is 26.0 Å². The van der Waals surface area contributed by atoms with Crippen molar-refractivity contribution in [2.75, 3.05) is 0 Å². The highest BCUT2D eigenvalue weighted by molar-refractivity contribution is 5.96. The summed E-state index contributed by atoms with van der Waals surface area (Å²) in [6.07, 6.45) is 1.69. The molecule has 6 nitrogen and oxygen atoms in total. The first kappa shape index (κ1) is 18.3. The van der Waals surface area contributed by atoms with Crippen molar-refractivity contribution in [3.63, 3.8) is 0 Å². The third-order valence-corrected chi connectivity index (χ3v) is 3.50. The lowest BCUT2D eigenvalue weighted by molar-refractivity contribution is -0.0507. The van der Waals surface area contributed by atoms with E-state index in [1.165, 1.54) is 24.4 Å². The fourth-order valence-electron chi connectivity index (χ4n) is 2.29. The number of carbonyl (C=O) groups excluding carboxylic acids is 2. The number of rotatable bonds is 7. The van der Waals surface area contributed by atoms with Gasteiger partial charge in [-0.3, -0.25) is 14.6 Å². The van der Waals surface area contributed by atoms with Crippen molar-refractivity contribution in [1.29, 1.82) is 0 Å². The van der Waals surface area contributed by atoms with Crippen LogP contribution in [0.3, 0.4) is 0 Å². The quantitative estimate of drug-likeness (QED) is 0.803. The smallest absolute Gasteiger partial charge is 0.387 e. The van der Waals surface area contributed by atoms with Crippen LogP contribution in [0.4, 0.5) is 8.78 Å². The number of nitrogens with zero attached hydrogens (tertiary/aromatic N) is 1. The first-order valence-electron chi connectivity index (χ1n) is 7.52. The second-order valence-corrected chi connectivity index (χ2v) is 5.15. The molecule has 0 saturated heterocycles. The summed E-state index contributed by atoms with van der Waals surface area (Å²) in [7, 11) is 0. The van der Waals surface area contributed by atoms with Gasteiger partial charge in [0.05, 0.1) is 11.6 Å². The number of nitrogens with two attached hydrogens (primary N) is 1. The van der Waals surface area contributed by atoms with Crippen LogP contribution < -0.4 is 15.8 Å². The number of carbonyl (C=O) groups is 2. The van der Waals surface area contributed by atoms with Crippen molar-refractivity contribution < 1.29 is 23.1 Å². The topological polar surface area (TPSA) is 94.3 Å². The number of halogens is 2. The molecule has 2 amide bonds. The largest absolute Gasteiger partial charge is 0.434 e. The van der Waals surface area contributed by atoms with Gasteiger partial charge in [0.1, 0.15) is 11.4 Å². The summed E-state index contributed by atoms with van der Waals surface area (Å²) in [6, 6.07) is 8.50.